The molecule has 5 heteroatoms. The SMILES string of the molecule is C=C(CN(CCOC)CCOC)C(=O)OCC. The molecule has 0 unspecified atom stereocenters. The number of carbonyl (C=O) groups excluding carboxylic acids is 1. The molecule has 0 aromatic heterocycles. The van der Waals surface area contributed by atoms with Crippen molar-refractivity contribution in [3.05, 3.63) is 12.2 Å². The van der Waals surface area contributed by atoms with E-state index in [1.807, 2.05) is 4.90 Å². The van der Waals surface area contributed by atoms with Crippen molar-refractivity contribution in [1.29, 1.82) is 0 Å². The van der Waals surface area contributed by atoms with Crippen molar-refractivity contribution >= 4 is 5.97 Å². The van der Waals surface area contributed by atoms with Gasteiger partial charge < -0.3 is 14.2 Å². The lowest BCUT2D eigenvalue weighted by Crippen LogP contribution is -2.34. The molecule has 0 bridgehead atoms. The molecule has 0 aliphatic heterocycles. The maximum Gasteiger partial charge on any atom is 0.334 e. The van der Waals surface area contributed by atoms with Gasteiger partial charge in [-0.3, -0.25) is 4.90 Å². The van der Waals surface area contributed by atoms with Gasteiger partial charge in [0.1, 0.15) is 0 Å². The number of methoxy groups -OCH3 is 2. The Hall–Kier alpha value is -0.910. The van der Waals surface area contributed by atoms with Gasteiger partial charge >= 0.3 is 5.97 Å². The quantitative estimate of drug-likeness (QED) is 0.419. The van der Waals surface area contributed by atoms with E-state index in [1.54, 1.807) is 21.1 Å². The minimum absolute atomic E-state index is 0.340. The fourth-order valence-corrected chi connectivity index (χ4v) is 1.28. The van der Waals surface area contributed by atoms with E-state index >= 15 is 0 Å². The van der Waals surface area contributed by atoms with Crippen LogP contribution in [0.1, 0.15) is 6.92 Å². The summed E-state index contributed by atoms with van der Waals surface area (Å²) in [6, 6.07) is 0. The zero-order valence-electron chi connectivity index (χ0n) is 11.0. The van der Waals surface area contributed by atoms with Gasteiger partial charge in [-0.2, -0.15) is 0 Å². The summed E-state index contributed by atoms with van der Waals surface area (Å²) in [6.45, 7) is 9.05. The minimum Gasteiger partial charge on any atom is -0.463 e. The highest BCUT2D eigenvalue weighted by Crippen LogP contribution is 2.00. The molecule has 0 amide bonds. The Morgan fingerprint density at radius 3 is 2.12 bits per heavy atom. The third-order valence-corrected chi connectivity index (χ3v) is 2.20. The van der Waals surface area contributed by atoms with Gasteiger partial charge in [0.05, 0.1) is 19.8 Å². The Labute approximate surface area is 103 Å². The number of hydrogen-bond acceptors (Lipinski definition) is 5. The van der Waals surface area contributed by atoms with Crippen LogP contribution in [0, 0.1) is 0 Å². The highest BCUT2D eigenvalue weighted by Gasteiger charge is 2.12. The van der Waals surface area contributed by atoms with Crippen LogP contribution in [-0.4, -0.2) is 64.5 Å². The summed E-state index contributed by atoms with van der Waals surface area (Å²) in [6.07, 6.45) is 0. The molecule has 0 spiro atoms. The van der Waals surface area contributed by atoms with Crippen LogP contribution in [-0.2, 0) is 19.0 Å². The summed E-state index contributed by atoms with van der Waals surface area (Å²) in [5, 5.41) is 0. The first-order chi connectivity index (χ1) is 8.15. The fourth-order valence-electron chi connectivity index (χ4n) is 1.28. The second-order valence-corrected chi connectivity index (χ2v) is 3.59. The number of esters is 1. The largest absolute Gasteiger partial charge is 0.463 e. The van der Waals surface area contributed by atoms with Crippen molar-refractivity contribution in [3.63, 3.8) is 0 Å². The average Bonchev–Trinajstić information content (AvgIpc) is 2.32. The molecule has 0 saturated heterocycles. The molecule has 0 rings (SSSR count). The second-order valence-electron chi connectivity index (χ2n) is 3.59. The Morgan fingerprint density at radius 2 is 1.71 bits per heavy atom. The van der Waals surface area contributed by atoms with Crippen LogP contribution >= 0.6 is 0 Å². The standard InChI is InChI=1S/C12H23NO4/c1-5-17-12(14)11(2)10-13(6-8-15-3)7-9-16-4/h2,5-10H2,1,3-4H3. The molecule has 100 valence electrons. The Balaban J connectivity index is 4.10. The first kappa shape index (κ1) is 16.1. The zero-order chi connectivity index (χ0) is 13.1. The monoisotopic (exact) mass is 245 g/mol. The molecule has 0 fully saturated rings. The molecule has 0 aliphatic rings. The van der Waals surface area contributed by atoms with Crippen LogP contribution in [0.5, 0.6) is 0 Å². The van der Waals surface area contributed by atoms with Gasteiger partial charge in [-0.25, -0.2) is 4.79 Å². The van der Waals surface area contributed by atoms with Gasteiger partial charge in [0.2, 0.25) is 0 Å². The van der Waals surface area contributed by atoms with Crippen LogP contribution in [0.2, 0.25) is 0 Å². The third-order valence-electron chi connectivity index (χ3n) is 2.20. The van der Waals surface area contributed by atoms with E-state index in [-0.39, 0.29) is 5.97 Å². The molecule has 0 aliphatic carbocycles. The van der Waals surface area contributed by atoms with E-state index in [1.165, 1.54) is 0 Å². The Bertz CT molecular complexity index is 223. The van der Waals surface area contributed by atoms with Crippen molar-refractivity contribution in [2.24, 2.45) is 0 Å². The number of hydrogen-bond donors (Lipinski definition) is 0. The lowest BCUT2D eigenvalue weighted by atomic mass is 10.3. The topological polar surface area (TPSA) is 48.0 Å². The summed E-state index contributed by atoms with van der Waals surface area (Å²) in [5.41, 5.74) is 0.457. The minimum atomic E-state index is -0.340. The van der Waals surface area contributed by atoms with Crippen LogP contribution in [0.25, 0.3) is 0 Å². The van der Waals surface area contributed by atoms with Crippen molar-refractivity contribution in [1.82, 2.24) is 4.90 Å². The van der Waals surface area contributed by atoms with E-state index in [9.17, 15) is 4.79 Å². The van der Waals surface area contributed by atoms with Crippen molar-refractivity contribution < 1.29 is 19.0 Å². The molecule has 17 heavy (non-hydrogen) atoms. The fraction of sp³-hybridized carbons (Fsp3) is 0.750. The maximum atomic E-state index is 11.4. The molecular weight excluding hydrogens is 222 g/mol. The van der Waals surface area contributed by atoms with Crippen LogP contribution in [0.4, 0.5) is 0 Å². The number of ether oxygens (including phenoxy) is 3. The molecule has 0 heterocycles. The normalized spacial score (nSPS) is 10.6. The van der Waals surface area contributed by atoms with Gasteiger partial charge in [-0.1, -0.05) is 6.58 Å². The van der Waals surface area contributed by atoms with Gasteiger partial charge in [0.25, 0.3) is 0 Å². The van der Waals surface area contributed by atoms with Gasteiger partial charge in [0.15, 0.2) is 0 Å². The summed E-state index contributed by atoms with van der Waals surface area (Å²) >= 11 is 0. The predicted octanol–water partition coefficient (Wildman–Crippen LogP) is 0.700. The van der Waals surface area contributed by atoms with Crippen LogP contribution in [0.3, 0.4) is 0 Å². The zero-order valence-corrected chi connectivity index (χ0v) is 11.0. The Kier molecular flexibility index (Phi) is 9.71. The number of rotatable bonds is 10. The van der Waals surface area contributed by atoms with E-state index in [2.05, 4.69) is 6.58 Å². The lowest BCUT2D eigenvalue weighted by Gasteiger charge is -2.21. The van der Waals surface area contributed by atoms with Gasteiger partial charge in [-0.05, 0) is 6.92 Å². The van der Waals surface area contributed by atoms with Crippen LogP contribution < -0.4 is 0 Å². The summed E-state index contributed by atoms with van der Waals surface area (Å²) in [7, 11) is 3.29. The van der Waals surface area contributed by atoms with Gasteiger partial charge in [-0.15, -0.1) is 0 Å². The first-order valence-corrected chi connectivity index (χ1v) is 5.70. The average molecular weight is 245 g/mol. The van der Waals surface area contributed by atoms with Crippen LogP contribution in [0.15, 0.2) is 12.2 Å². The lowest BCUT2D eigenvalue weighted by molar-refractivity contribution is -0.138. The maximum absolute atomic E-state index is 11.4. The van der Waals surface area contributed by atoms with Gasteiger partial charge in [0, 0.05) is 39.4 Å². The van der Waals surface area contributed by atoms with E-state index < -0.39 is 0 Å². The van der Waals surface area contributed by atoms with Crippen molar-refractivity contribution in [2.45, 2.75) is 6.92 Å². The molecule has 0 aromatic rings. The molecule has 0 saturated carbocycles. The predicted molar refractivity (Wildman–Crippen MR) is 66.0 cm³/mol. The molecule has 0 N–H and O–H groups in total. The molecule has 0 aromatic carbocycles. The van der Waals surface area contributed by atoms with E-state index in [0.29, 0.717) is 31.9 Å². The molecular formula is C12H23NO4. The molecule has 0 atom stereocenters. The Morgan fingerprint density at radius 1 is 1.18 bits per heavy atom. The van der Waals surface area contributed by atoms with Crippen molar-refractivity contribution in [3.8, 4) is 0 Å². The highest BCUT2D eigenvalue weighted by atomic mass is 16.5. The van der Waals surface area contributed by atoms with Crippen molar-refractivity contribution in [2.75, 3.05) is 53.7 Å². The smallest absolute Gasteiger partial charge is 0.334 e. The molecule has 5 nitrogen and oxygen atoms in total. The number of carbonyl (C=O) groups is 1. The third kappa shape index (κ3) is 7.90. The second kappa shape index (κ2) is 10.3. The highest BCUT2D eigenvalue weighted by molar-refractivity contribution is 5.88. The summed E-state index contributed by atoms with van der Waals surface area (Å²) < 4.78 is 14.9. The van der Waals surface area contributed by atoms with E-state index in [4.69, 9.17) is 14.2 Å². The summed E-state index contributed by atoms with van der Waals surface area (Å²) in [4.78, 5) is 13.5. The molecule has 0 radical (unpaired) electrons. The van der Waals surface area contributed by atoms with E-state index in [0.717, 1.165) is 13.1 Å². The number of nitrogens with zero attached hydrogens (tertiary/aromatic N) is 1. The first-order valence-electron chi connectivity index (χ1n) is 5.70. The summed E-state index contributed by atoms with van der Waals surface area (Å²) in [5.74, 6) is -0.340.